The molecule has 4 rings (SSSR count). The fourth-order valence-electron chi connectivity index (χ4n) is 3.07. The molecule has 1 aliphatic rings. The van der Waals surface area contributed by atoms with Gasteiger partial charge in [-0.05, 0) is 49.4 Å². The Morgan fingerprint density at radius 1 is 1.13 bits per heavy atom. The van der Waals surface area contributed by atoms with Crippen LogP contribution in [-0.2, 0) is 13.1 Å². The molecule has 31 heavy (non-hydrogen) atoms. The topological polar surface area (TPSA) is 76.4 Å². The maximum atomic E-state index is 6.01. The minimum atomic E-state index is 0. The van der Waals surface area contributed by atoms with Crippen molar-refractivity contribution in [3.05, 3.63) is 72.3 Å². The summed E-state index contributed by atoms with van der Waals surface area (Å²) in [4.78, 5) is 8.70. The van der Waals surface area contributed by atoms with Crippen molar-refractivity contribution >= 4 is 29.9 Å². The third-order valence-corrected chi connectivity index (χ3v) is 4.97. The van der Waals surface area contributed by atoms with Gasteiger partial charge in [-0.2, -0.15) is 5.10 Å². The average Bonchev–Trinajstić information content (AvgIpc) is 3.45. The lowest BCUT2D eigenvalue weighted by molar-refractivity contribution is 0.296. The summed E-state index contributed by atoms with van der Waals surface area (Å²) in [5.41, 5.74) is 3.25. The molecule has 0 atom stereocenters. The van der Waals surface area contributed by atoms with Crippen molar-refractivity contribution in [2.24, 2.45) is 10.9 Å². The van der Waals surface area contributed by atoms with Crippen LogP contribution in [0.3, 0.4) is 0 Å². The first kappa shape index (κ1) is 23.1. The largest absolute Gasteiger partial charge is 0.493 e. The lowest BCUT2D eigenvalue weighted by Gasteiger charge is -2.14. The Labute approximate surface area is 200 Å². The minimum absolute atomic E-state index is 0. The monoisotopic (exact) mass is 532 g/mol. The summed E-state index contributed by atoms with van der Waals surface area (Å²) in [7, 11) is 0. The number of aliphatic imine (C=N–C) groups is 1. The molecule has 7 nitrogen and oxygen atoms in total. The van der Waals surface area contributed by atoms with Crippen molar-refractivity contribution in [3.63, 3.8) is 0 Å². The molecular weight excluding hydrogens is 503 g/mol. The number of nitrogens with one attached hydrogen (secondary N) is 2. The molecule has 1 heterocycles. The first-order chi connectivity index (χ1) is 14.8. The lowest BCUT2D eigenvalue weighted by atomic mass is 10.2. The van der Waals surface area contributed by atoms with E-state index in [1.807, 2.05) is 30.3 Å². The van der Waals surface area contributed by atoms with Crippen molar-refractivity contribution in [3.8, 4) is 11.4 Å². The fraction of sp³-hybridized carbons (Fsp3) is 0.348. The Kier molecular flexibility index (Phi) is 8.69. The van der Waals surface area contributed by atoms with Crippen molar-refractivity contribution in [2.75, 3.05) is 13.2 Å². The van der Waals surface area contributed by atoms with Crippen LogP contribution in [0.25, 0.3) is 5.69 Å². The molecule has 0 amide bonds. The van der Waals surface area contributed by atoms with Crippen LogP contribution in [0.5, 0.6) is 5.75 Å². The molecule has 0 unspecified atom stereocenters. The molecule has 3 aromatic rings. The summed E-state index contributed by atoms with van der Waals surface area (Å²) in [5, 5.41) is 10.9. The number of nitrogens with zero attached hydrogens (tertiary/aromatic N) is 4. The van der Waals surface area contributed by atoms with Crippen molar-refractivity contribution < 1.29 is 4.74 Å². The average molecular weight is 532 g/mol. The van der Waals surface area contributed by atoms with Crippen LogP contribution in [0.15, 0.2) is 66.2 Å². The van der Waals surface area contributed by atoms with Gasteiger partial charge in [0.05, 0.1) is 18.8 Å². The van der Waals surface area contributed by atoms with Gasteiger partial charge in [0, 0.05) is 18.7 Å². The number of ether oxygens (including phenoxy) is 1. The Morgan fingerprint density at radius 3 is 2.65 bits per heavy atom. The second-order valence-corrected chi connectivity index (χ2v) is 7.42. The van der Waals surface area contributed by atoms with Crippen LogP contribution in [0.4, 0.5) is 0 Å². The fourth-order valence-corrected chi connectivity index (χ4v) is 3.07. The predicted molar refractivity (Wildman–Crippen MR) is 133 cm³/mol. The highest BCUT2D eigenvalue weighted by Gasteiger charge is 2.22. The second kappa shape index (κ2) is 11.7. The molecule has 0 radical (unpaired) electrons. The molecule has 1 fully saturated rings. The number of para-hydroxylation sites is 1. The van der Waals surface area contributed by atoms with Crippen LogP contribution in [0.2, 0.25) is 0 Å². The molecule has 1 aromatic heterocycles. The lowest BCUT2D eigenvalue weighted by Crippen LogP contribution is -2.36. The van der Waals surface area contributed by atoms with Crippen molar-refractivity contribution in [2.45, 2.75) is 32.9 Å². The molecule has 2 aromatic carbocycles. The van der Waals surface area contributed by atoms with Crippen LogP contribution >= 0.6 is 24.0 Å². The van der Waals surface area contributed by atoms with Crippen molar-refractivity contribution in [1.82, 2.24) is 25.4 Å². The zero-order chi connectivity index (χ0) is 20.6. The predicted octanol–water partition coefficient (Wildman–Crippen LogP) is 3.93. The van der Waals surface area contributed by atoms with E-state index in [1.165, 1.54) is 19.2 Å². The Bertz CT molecular complexity index is 954. The zero-order valence-electron chi connectivity index (χ0n) is 17.7. The minimum Gasteiger partial charge on any atom is -0.493 e. The summed E-state index contributed by atoms with van der Waals surface area (Å²) in [6.07, 6.45) is 5.79. The van der Waals surface area contributed by atoms with Gasteiger partial charge >= 0.3 is 0 Å². The zero-order valence-corrected chi connectivity index (χ0v) is 20.0. The molecule has 0 bridgehead atoms. The molecule has 1 saturated carbocycles. The van der Waals surface area contributed by atoms with E-state index in [0.29, 0.717) is 13.1 Å². The third-order valence-electron chi connectivity index (χ3n) is 4.97. The second-order valence-electron chi connectivity index (χ2n) is 7.42. The quantitative estimate of drug-likeness (QED) is 0.248. The van der Waals surface area contributed by atoms with Gasteiger partial charge in [-0.1, -0.05) is 30.3 Å². The molecule has 2 N–H and O–H groups in total. The van der Waals surface area contributed by atoms with Gasteiger partial charge in [0.25, 0.3) is 0 Å². The van der Waals surface area contributed by atoms with Gasteiger partial charge in [-0.15, -0.1) is 24.0 Å². The smallest absolute Gasteiger partial charge is 0.191 e. The Hall–Kier alpha value is -2.62. The van der Waals surface area contributed by atoms with Crippen LogP contribution in [-0.4, -0.2) is 33.9 Å². The summed E-state index contributed by atoms with van der Waals surface area (Å²) in [6.45, 7) is 4.94. The molecule has 0 aliphatic heterocycles. The number of halogens is 1. The molecule has 0 saturated heterocycles. The number of hydrogen-bond donors (Lipinski definition) is 2. The van der Waals surface area contributed by atoms with E-state index < -0.39 is 0 Å². The van der Waals surface area contributed by atoms with Gasteiger partial charge in [-0.3, -0.25) is 0 Å². The van der Waals surface area contributed by atoms with E-state index >= 15 is 0 Å². The molecule has 0 spiro atoms. The Balaban J connectivity index is 0.00000272. The summed E-state index contributed by atoms with van der Waals surface area (Å²) < 4.78 is 7.75. The van der Waals surface area contributed by atoms with Crippen LogP contribution in [0, 0.1) is 5.92 Å². The van der Waals surface area contributed by atoms with Crippen LogP contribution in [0.1, 0.15) is 30.9 Å². The summed E-state index contributed by atoms with van der Waals surface area (Å²) in [6, 6.07) is 16.4. The highest BCUT2D eigenvalue weighted by molar-refractivity contribution is 14.0. The van der Waals surface area contributed by atoms with Gasteiger partial charge in [0.2, 0.25) is 0 Å². The molecule has 164 valence electrons. The normalized spacial score (nSPS) is 13.4. The standard InChI is InChI=1S/C23H28N6O.HI/c1-2-25-23(26-13-18-9-11-21(12-10-18)29-17-24-16-28-29)27-14-20-5-3-4-6-22(20)30-15-19-7-8-19;/h3-6,9-12,16-17,19H,2,7-8,13-15H2,1H3,(H2,25,26,27);1H. The maximum Gasteiger partial charge on any atom is 0.191 e. The van der Waals surface area contributed by atoms with Gasteiger partial charge in [0.15, 0.2) is 5.96 Å². The molecule has 8 heteroatoms. The Morgan fingerprint density at radius 2 is 1.94 bits per heavy atom. The first-order valence-electron chi connectivity index (χ1n) is 10.5. The number of hydrogen-bond acceptors (Lipinski definition) is 4. The van der Waals surface area contributed by atoms with E-state index in [9.17, 15) is 0 Å². The third kappa shape index (κ3) is 6.95. The van der Waals surface area contributed by atoms with E-state index in [1.54, 1.807) is 11.0 Å². The summed E-state index contributed by atoms with van der Waals surface area (Å²) >= 11 is 0. The van der Waals surface area contributed by atoms with E-state index in [0.717, 1.165) is 47.6 Å². The van der Waals surface area contributed by atoms with E-state index in [2.05, 4.69) is 45.8 Å². The number of rotatable bonds is 9. The maximum absolute atomic E-state index is 6.01. The molecule has 1 aliphatic carbocycles. The summed E-state index contributed by atoms with van der Waals surface area (Å²) in [5.74, 6) is 2.48. The molecular formula is C23H29IN6O. The SMILES string of the molecule is CCNC(=NCc1ccc(-n2cncn2)cc1)NCc1ccccc1OCC1CC1.I. The highest BCUT2D eigenvalue weighted by atomic mass is 127. The van der Waals surface area contributed by atoms with Gasteiger partial charge in [-0.25, -0.2) is 14.7 Å². The number of benzene rings is 2. The number of aromatic nitrogens is 3. The van der Waals surface area contributed by atoms with Gasteiger partial charge < -0.3 is 15.4 Å². The van der Waals surface area contributed by atoms with Crippen LogP contribution < -0.4 is 15.4 Å². The van der Waals surface area contributed by atoms with Crippen molar-refractivity contribution in [1.29, 1.82) is 0 Å². The highest BCUT2D eigenvalue weighted by Crippen LogP contribution is 2.30. The van der Waals surface area contributed by atoms with Gasteiger partial charge in [0.1, 0.15) is 18.4 Å². The first-order valence-corrected chi connectivity index (χ1v) is 10.5. The van der Waals surface area contributed by atoms with E-state index in [4.69, 9.17) is 9.73 Å². The number of guanidine groups is 1. The van der Waals surface area contributed by atoms with E-state index in [-0.39, 0.29) is 24.0 Å².